The standard InChI is InChI=1S/C20H21NO3S/c1-3-16-13-21(25(22,23)17-10-8-14(2)9-11-17)20-18-7-5-4-6-15(18)12-19(20)24-16/h3-11,16,19-20H,1,12-13H2,2H3/t16?,19-,20+/m1/s1. The summed E-state index contributed by atoms with van der Waals surface area (Å²) in [7, 11) is -3.61. The molecule has 130 valence electrons. The fraction of sp³-hybridized carbons (Fsp3) is 0.300. The minimum atomic E-state index is -3.61. The first kappa shape index (κ1) is 16.5. The number of hydrogen-bond acceptors (Lipinski definition) is 3. The highest BCUT2D eigenvalue weighted by atomic mass is 32.2. The number of benzene rings is 2. The van der Waals surface area contributed by atoms with Gasteiger partial charge in [0, 0.05) is 13.0 Å². The van der Waals surface area contributed by atoms with Crippen LogP contribution >= 0.6 is 0 Å². The minimum Gasteiger partial charge on any atom is -0.367 e. The molecule has 25 heavy (non-hydrogen) atoms. The smallest absolute Gasteiger partial charge is 0.243 e. The summed E-state index contributed by atoms with van der Waals surface area (Å²) in [6.45, 7) is 6.04. The Morgan fingerprint density at radius 3 is 2.60 bits per heavy atom. The number of fused-ring (bicyclic) bond motifs is 3. The molecule has 4 rings (SSSR count). The predicted octanol–water partition coefficient (Wildman–Crippen LogP) is 3.24. The Morgan fingerprint density at radius 1 is 1.16 bits per heavy atom. The molecule has 1 saturated heterocycles. The lowest BCUT2D eigenvalue weighted by molar-refractivity contribution is -0.0667. The molecule has 2 aromatic carbocycles. The quantitative estimate of drug-likeness (QED) is 0.794. The second-order valence-corrected chi connectivity index (χ2v) is 8.57. The van der Waals surface area contributed by atoms with E-state index >= 15 is 0 Å². The minimum absolute atomic E-state index is 0.172. The third-order valence-corrected chi connectivity index (χ3v) is 6.92. The van der Waals surface area contributed by atoms with E-state index in [9.17, 15) is 8.42 Å². The monoisotopic (exact) mass is 355 g/mol. The molecule has 0 radical (unpaired) electrons. The van der Waals surface area contributed by atoms with E-state index in [4.69, 9.17) is 4.74 Å². The highest BCUT2D eigenvalue weighted by Crippen LogP contribution is 2.43. The molecule has 0 saturated carbocycles. The first-order valence-electron chi connectivity index (χ1n) is 8.45. The summed E-state index contributed by atoms with van der Waals surface area (Å²) < 4.78 is 34.4. The van der Waals surface area contributed by atoms with Crippen molar-refractivity contribution in [1.82, 2.24) is 4.31 Å². The highest BCUT2D eigenvalue weighted by molar-refractivity contribution is 7.89. The molecule has 1 heterocycles. The van der Waals surface area contributed by atoms with Crippen LogP contribution in [-0.4, -0.2) is 31.5 Å². The van der Waals surface area contributed by atoms with Crippen molar-refractivity contribution < 1.29 is 13.2 Å². The Bertz CT molecular complexity index is 905. The van der Waals surface area contributed by atoms with Gasteiger partial charge < -0.3 is 4.74 Å². The van der Waals surface area contributed by atoms with E-state index in [2.05, 4.69) is 12.6 Å². The van der Waals surface area contributed by atoms with Crippen LogP contribution < -0.4 is 0 Å². The molecule has 0 spiro atoms. The molecule has 1 aliphatic heterocycles. The molecule has 2 aliphatic rings. The highest BCUT2D eigenvalue weighted by Gasteiger charge is 2.47. The fourth-order valence-electron chi connectivity index (χ4n) is 3.78. The van der Waals surface area contributed by atoms with E-state index in [-0.39, 0.29) is 24.8 Å². The molecule has 0 amide bonds. The normalized spacial score (nSPS) is 26.0. The summed E-state index contributed by atoms with van der Waals surface area (Å²) in [4.78, 5) is 0.325. The van der Waals surface area contributed by atoms with E-state index in [0.29, 0.717) is 4.90 Å². The lowest BCUT2D eigenvalue weighted by atomic mass is 10.1. The maximum atomic E-state index is 13.3. The summed E-state index contributed by atoms with van der Waals surface area (Å²) >= 11 is 0. The maximum Gasteiger partial charge on any atom is 0.243 e. The van der Waals surface area contributed by atoms with Gasteiger partial charge in [-0.3, -0.25) is 0 Å². The maximum absolute atomic E-state index is 13.3. The topological polar surface area (TPSA) is 46.6 Å². The lowest BCUT2D eigenvalue weighted by Crippen LogP contribution is -2.50. The van der Waals surface area contributed by atoms with E-state index < -0.39 is 10.0 Å². The van der Waals surface area contributed by atoms with E-state index in [1.165, 1.54) is 0 Å². The van der Waals surface area contributed by atoms with Crippen molar-refractivity contribution in [2.75, 3.05) is 6.54 Å². The van der Waals surface area contributed by atoms with Crippen LogP contribution in [-0.2, 0) is 21.2 Å². The average Bonchev–Trinajstić information content (AvgIpc) is 2.99. The largest absolute Gasteiger partial charge is 0.367 e. The zero-order chi connectivity index (χ0) is 17.6. The van der Waals surface area contributed by atoms with Crippen molar-refractivity contribution >= 4 is 10.0 Å². The van der Waals surface area contributed by atoms with Crippen LogP contribution in [0.1, 0.15) is 22.7 Å². The van der Waals surface area contributed by atoms with Crippen molar-refractivity contribution in [3.05, 3.63) is 77.9 Å². The van der Waals surface area contributed by atoms with Gasteiger partial charge in [0.05, 0.1) is 23.1 Å². The van der Waals surface area contributed by atoms with E-state index in [0.717, 1.165) is 23.1 Å². The van der Waals surface area contributed by atoms with Gasteiger partial charge in [0.25, 0.3) is 0 Å². The molecular weight excluding hydrogens is 334 g/mol. The molecule has 1 unspecified atom stereocenters. The molecule has 1 fully saturated rings. The van der Waals surface area contributed by atoms with Gasteiger partial charge >= 0.3 is 0 Å². The summed E-state index contributed by atoms with van der Waals surface area (Å²) in [5, 5.41) is 0. The van der Waals surface area contributed by atoms with Crippen molar-refractivity contribution in [1.29, 1.82) is 0 Å². The van der Waals surface area contributed by atoms with Gasteiger partial charge in [-0.1, -0.05) is 48.0 Å². The third-order valence-electron chi connectivity index (χ3n) is 5.06. The molecule has 0 N–H and O–H groups in total. The van der Waals surface area contributed by atoms with Gasteiger partial charge in [0.15, 0.2) is 0 Å². The third kappa shape index (κ3) is 2.72. The molecule has 5 heteroatoms. The number of nitrogens with zero attached hydrogens (tertiary/aromatic N) is 1. The van der Waals surface area contributed by atoms with Gasteiger partial charge in [-0.2, -0.15) is 4.31 Å². The number of rotatable bonds is 3. The van der Waals surface area contributed by atoms with Gasteiger partial charge in [0.1, 0.15) is 0 Å². The van der Waals surface area contributed by atoms with Crippen LogP contribution in [0.3, 0.4) is 0 Å². The Hall–Kier alpha value is -1.95. The van der Waals surface area contributed by atoms with Crippen molar-refractivity contribution in [2.45, 2.75) is 36.5 Å². The second-order valence-electron chi connectivity index (χ2n) is 6.68. The number of ether oxygens (including phenoxy) is 1. The van der Waals surface area contributed by atoms with Crippen LogP contribution in [0.25, 0.3) is 0 Å². The lowest BCUT2D eigenvalue weighted by Gasteiger charge is -2.40. The molecule has 1 aliphatic carbocycles. The van der Waals surface area contributed by atoms with Gasteiger partial charge in [0.2, 0.25) is 10.0 Å². The number of aryl methyl sites for hydroxylation is 1. The predicted molar refractivity (Wildman–Crippen MR) is 96.8 cm³/mol. The van der Waals surface area contributed by atoms with Gasteiger partial charge in [-0.25, -0.2) is 8.42 Å². The first-order chi connectivity index (χ1) is 12.0. The Morgan fingerprint density at radius 2 is 1.88 bits per heavy atom. The number of hydrogen-bond donors (Lipinski definition) is 0. The first-order valence-corrected chi connectivity index (χ1v) is 9.89. The molecule has 2 aromatic rings. The van der Waals surface area contributed by atoms with Crippen LogP contribution in [0.15, 0.2) is 66.1 Å². The Balaban J connectivity index is 1.80. The van der Waals surface area contributed by atoms with Crippen LogP contribution in [0.4, 0.5) is 0 Å². The van der Waals surface area contributed by atoms with Gasteiger partial charge in [-0.15, -0.1) is 6.58 Å². The second kappa shape index (κ2) is 6.09. The van der Waals surface area contributed by atoms with E-state index in [1.807, 2.05) is 37.3 Å². The molecule has 3 atom stereocenters. The zero-order valence-electron chi connectivity index (χ0n) is 14.1. The summed E-state index contributed by atoms with van der Waals surface area (Å²) in [5.74, 6) is 0. The number of morpholine rings is 1. The molecule has 4 nitrogen and oxygen atoms in total. The molecule has 0 bridgehead atoms. The van der Waals surface area contributed by atoms with Crippen LogP contribution in [0, 0.1) is 6.92 Å². The summed E-state index contributed by atoms with van der Waals surface area (Å²) in [5.41, 5.74) is 3.24. The molecular formula is C20H21NO3S. The Labute approximate surface area is 148 Å². The van der Waals surface area contributed by atoms with Crippen molar-refractivity contribution in [3.63, 3.8) is 0 Å². The van der Waals surface area contributed by atoms with E-state index in [1.54, 1.807) is 22.5 Å². The number of sulfonamides is 1. The summed E-state index contributed by atoms with van der Waals surface area (Å²) in [6, 6.07) is 14.7. The fourth-order valence-corrected chi connectivity index (χ4v) is 5.42. The SMILES string of the molecule is C=CC1CN(S(=O)(=O)c2ccc(C)cc2)[C@H]2c3ccccc3C[C@H]2O1. The average molecular weight is 355 g/mol. The van der Waals surface area contributed by atoms with Gasteiger partial charge in [-0.05, 0) is 30.2 Å². The molecule has 0 aromatic heterocycles. The zero-order valence-corrected chi connectivity index (χ0v) is 14.9. The van der Waals surface area contributed by atoms with Crippen molar-refractivity contribution in [3.8, 4) is 0 Å². The van der Waals surface area contributed by atoms with Crippen LogP contribution in [0.5, 0.6) is 0 Å². The van der Waals surface area contributed by atoms with Crippen molar-refractivity contribution in [2.24, 2.45) is 0 Å². The Kier molecular flexibility index (Phi) is 4.02. The summed E-state index contributed by atoms with van der Waals surface area (Å²) in [6.07, 6.45) is 1.95. The van der Waals surface area contributed by atoms with Crippen LogP contribution in [0.2, 0.25) is 0 Å².